The first-order valence-electron chi connectivity index (χ1n) is 9.00. The Bertz CT molecular complexity index is 999. The van der Waals surface area contributed by atoms with Gasteiger partial charge in [0.15, 0.2) is 0 Å². The monoisotopic (exact) mass is 407 g/mol. The highest BCUT2D eigenvalue weighted by Gasteiger charge is 2.30. The van der Waals surface area contributed by atoms with Gasteiger partial charge in [-0.15, -0.1) is 13.2 Å². The summed E-state index contributed by atoms with van der Waals surface area (Å²) in [7, 11) is 0. The molecule has 1 amide bonds. The Labute approximate surface area is 164 Å². The van der Waals surface area contributed by atoms with Crippen LogP contribution in [0.3, 0.4) is 0 Å². The number of alkyl halides is 3. The number of carbonyl (C=O) groups excluding carboxylic acids is 1. The Kier molecular flexibility index (Phi) is 6.00. The van der Waals surface area contributed by atoms with Crippen molar-refractivity contribution in [2.24, 2.45) is 0 Å². The van der Waals surface area contributed by atoms with Crippen molar-refractivity contribution in [1.82, 2.24) is 24.9 Å². The molecule has 3 aromatic rings. The van der Waals surface area contributed by atoms with Crippen molar-refractivity contribution < 1.29 is 22.7 Å². The van der Waals surface area contributed by atoms with Crippen LogP contribution >= 0.6 is 0 Å². The Balaban J connectivity index is 1.47. The van der Waals surface area contributed by atoms with Crippen LogP contribution < -0.4 is 10.1 Å². The molecule has 1 aromatic carbocycles. The Hall–Kier alpha value is -3.17. The number of rotatable bonds is 7. The average Bonchev–Trinajstić information content (AvgIpc) is 3.10. The van der Waals surface area contributed by atoms with E-state index in [0.29, 0.717) is 31.6 Å². The number of nitrogens with zero attached hydrogens (tertiary/aromatic N) is 4. The molecule has 2 aromatic heterocycles. The maximum atomic E-state index is 12.2. The predicted octanol–water partition coefficient (Wildman–Crippen LogP) is 2.93. The smallest absolute Gasteiger partial charge is 0.406 e. The molecule has 0 saturated carbocycles. The molecular weight excluding hydrogens is 387 g/mol. The van der Waals surface area contributed by atoms with E-state index >= 15 is 0 Å². The molecule has 10 heteroatoms. The van der Waals surface area contributed by atoms with E-state index in [4.69, 9.17) is 0 Å². The number of benzene rings is 1. The van der Waals surface area contributed by atoms with Crippen LogP contribution in [-0.4, -0.2) is 38.4 Å². The van der Waals surface area contributed by atoms with E-state index in [1.165, 1.54) is 18.5 Å². The third-order valence-electron chi connectivity index (χ3n) is 4.48. The lowest BCUT2D eigenvalue weighted by Crippen LogP contribution is -2.26. The van der Waals surface area contributed by atoms with E-state index in [9.17, 15) is 18.0 Å². The number of aryl methyl sites for hydroxylation is 2. The summed E-state index contributed by atoms with van der Waals surface area (Å²) in [4.78, 5) is 20.6. The fourth-order valence-corrected chi connectivity index (χ4v) is 3.05. The van der Waals surface area contributed by atoms with Crippen molar-refractivity contribution in [2.75, 3.05) is 6.54 Å². The molecule has 0 aliphatic rings. The number of fused-ring (bicyclic) bond motifs is 1. The van der Waals surface area contributed by atoms with E-state index in [0.717, 1.165) is 22.5 Å². The zero-order valence-electron chi connectivity index (χ0n) is 16.0. The van der Waals surface area contributed by atoms with Crippen molar-refractivity contribution in [3.63, 3.8) is 0 Å². The van der Waals surface area contributed by atoms with Gasteiger partial charge in [0.1, 0.15) is 12.1 Å². The van der Waals surface area contributed by atoms with Gasteiger partial charge in [0.25, 0.3) is 5.78 Å². The largest absolute Gasteiger partial charge is 0.573 e. The fourth-order valence-electron chi connectivity index (χ4n) is 3.05. The minimum atomic E-state index is -4.71. The van der Waals surface area contributed by atoms with Gasteiger partial charge in [-0.2, -0.15) is 10.1 Å². The minimum absolute atomic E-state index is 0.112. The van der Waals surface area contributed by atoms with Crippen molar-refractivity contribution >= 4 is 11.7 Å². The number of amides is 1. The van der Waals surface area contributed by atoms with Crippen LogP contribution in [0.25, 0.3) is 5.78 Å². The summed E-state index contributed by atoms with van der Waals surface area (Å²) in [6.45, 7) is 4.17. The summed E-state index contributed by atoms with van der Waals surface area (Å²) < 4.78 is 41.9. The number of hydrogen-bond donors (Lipinski definition) is 1. The molecular formula is C19H20F3N5O2. The zero-order valence-corrected chi connectivity index (χ0v) is 16.0. The highest BCUT2D eigenvalue weighted by molar-refractivity contribution is 5.76. The van der Waals surface area contributed by atoms with Crippen LogP contribution in [0, 0.1) is 13.8 Å². The molecule has 154 valence electrons. The maximum absolute atomic E-state index is 12.2. The zero-order chi connectivity index (χ0) is 21.0. The van der Waals surface area contributed by atoms with E-state index in [-0.39, 0.29) is 11.7 Å². The molecule has 2 heterocycles. The molecule has 0 radical (unpaired) electrons. The number of carbonyl (C=O) groups is 1. The second-order valence-electron chi connectivity index (χ2n) is 6.52. The second kappa shape index (κ2) is 8.46. The standard InChI is InChI=1S/C19H20F3N5O2/c1-12-16(13(2)27-18(26-12)24-11-25-27)7-8-17(28)23-10-9-14-3-5-15(6-4-14)29-19(20,21)22/h3-6,11H,7-10H2,1-2H3,(H,23,28). The van der Waals surface area contributed by atoms with Gasteiger partial charge in [0, 0.05) is 24.4 Å². The van der Waals surface area contributed by atoms with E-state index < -0.39 is 6.36 Å². The fraction of sp³-hybridized carbons (Fsp3) is 0.368. The van der Waals surface area contributed by atoms with Crippen LogP contribution in [0.1, 0.15) is 28.9 Å². The van der Waals surface area contributed by atoms with E-state index in [1.54, 1.807) is 16.6 Å². The number of halogens is 3. The molecule has 3 rings (SSSR count). The Morgan fingerprint density at radius 2 is 1.90 bits per heavy atom. The molecule has 29 heavy (non-hydrogen) atoms. The number of nitrogens with one attached hydrogen (secondary N) is 1. The highest BCUT2D eigenvalue weighted by Crippen LogP contribution is 2.22. The third-order valence-corrected chi connectivity index (χ3v) is 4.48. The molecule has 0 saturated heterocycles. The molecule has 0 bridgehead atoms. The Morgan fingerprint density at radius 1 is 1.17 bits per heavy atom. The van der Waals surface area contributed by atoms with Crippen LogP contribution in [0.15, 0.2) is 30.6 Å². The lowest BCUT2D eigenvalue weighted by molar-refractivity contribution is -0.274. The molecule has 1 N–H and O–H groups in total. The quantitative estimate of drug-likeness (QED) is 0.651. The summed E-state index contributed by atoms with van der Waals surface area (Å²) in [5.74, 6) is 0.147. The number of aromatic nitrogens is 4. The van der Waals surface area contributed by atoms with E-state index in [1.807, 2.05) is 13.8 Å². The summed E-state index contributed by atoms with van der Waals surface area (Å²) >= 11 is 0. The summed E-state index contributed by atoms with van der Waals surface area (Å²) in [5.41, 5.74) is 3.47. The number of hydrogen-bond acceptors (Lipinski definition) is 5. The first-order valence-corrected chi connectivity index (χ1v) is 9.00. The van der Waals surface area contributed by atoms with Gasteiger partial charge in [-0.3, -0.25) is 4.79 Å². The normalized spacial score (nSPS) is 11.6. The summed E-state index contributed by atoms with van der Waals surface area (Å²) in [6, 6.07) is 5.59. The van der Waals surface area contributed by atoms with Gasteiger partial charge < -0.3 is 10.1 Å². The first-order chi connectivity index (χ1) is 13.7. The highest BCUT2D eigenvalue weighted by atomic mass is 19.4. The lowest BCUT2D eigenvalue weighted by Gasteiger charge is -2.11. The van der Waals surface area contributed by atoms with Gasteiger partial charge in [-0.25, -0.2) is 9.50 Å². The van der Waals surface area contributed by atoms with Crippen molar-refractivity contribution in [3.05, 3.63) is 53.1 Å². The molecule has 0 aliphatic carbocycles. The minimum Gasteiger partial charge on any atom is -0.406 e. The van der Waals surface area contributed by atoms with Gasteiger partial charge >= 0.3 is 6.36 Å². The topological polar surface area (TPSA) is 81.4 Å². The van der Waals surface area contributed by atoms with Gasteiger partial charge in [-0.1, -0.05) is 12.1 Å². The van der Waals surface area contributed by atoms with Gasteiger partial charge in [-0.05, 0) is 49.9 Å². The van der Waals surface area contributed by atoms with Gasteiger partial charge in [0.05, 0.1) is 0 Å². The average molecular weight is 407 g/mol. The van der Waals surface area contributed by atoms with Crippen LogP contribution in [0.5, 0.6) is 5.75 Å². The molecule has 0 fully saturated rings. The molecule has 0 spiro atoms. The summed E-state index contributed by atoms with van der Waals surface area (Å²) in [5, 5.41) is 6.95. The lowest BCUT2D eigenvalue weighted by atomic mass is 10.1. The van der Waals surface area contributed by atoms with Crippen molar-refractivity contribution in [1.29, 1.82) is 0 Å². The van der Waals surface area contributed by atoms with Crippen LogP contribution in [0.4, 0.5) is 13.2 Å². The number of ether oxygens (including phenoxy) is 1. The second-order valence-corrected chi connectivity index (χ2v) is 6.52. The Morgan fingerprint density at radius 3 is 2.59 bits per heavy atom. The van der Waals surface area contributed by atoms with Crippen molar-refractivity contribution in [2.45, 2.75) is 39.5 Å². The maximum Gasteiger partial charge on any atom is 0.573 e. The molecule has 0 aliphatic heterocycles. The van der Waals surface area contributed by atoms with E-state index in [2.05, 4.69) is 25.1 Å². The third kappa shape index (κ3) is 5.43. The van der Waals surface area contributed by atoms with Crippen molar-refractivity contribution in [3.8, 4) is 5.75 Å². The molecule has 0 atom stereocenters. The molecule has 7 nitrogen and oxygen atoms in total. The predicted molar refractivity (Wildman–Crippen MR) is 98.4 cm³/mol. The first kappa shape index (κ1) is 20.6. The van der Waals surface area contributed by atoms with Gasteiger partial charge in [0.2, 0.25) is 5.91 Å². The SMILES string of the molecule is Cc1nc2ncnn2c(C)c1CCC(=O)NCCc1ccc(OC(F)(F)F)cc1. The molecule has 0 unspecified atom stereocenters. The summed E-state index contributed by atoms with van der Waals surface area (Å²) in [6.07, 6.45) is -1.95. The van der Waals surface area contributed by atoms with Crippen LogP contribution in [-0.2, 0) is 17.6 Å². The van der Waals surface area contributed by atoms with Crippen LogP contribution in [0.2, 0.25) is 0 Å².